The first-order valence-electron chi connectivity index (χ1n) is 2.48. The molecule has 0 amide bonds. The summed E-state index contributed by atoms with van der Waals surface area (Å²) in [5.41, 5.74) is 0. The molecule has 0 aromatic carbocycles. The second kappa shape index (κ2) is 2.60. The van der Waals surface area contributed by atoms with Crippen molar-refractivity contribution in [3.63, 3.8) is 0 Å². The molecule has 0 saturated carbocycles. The fraction of sp³-hybridized carbons (Fsp3) is 0. The molecule has 58 valence electrons. The topological polar surface area (TPSA) is 57.9 Å². The molecule has 0 aliphatic heterocycles. The van der Waals surface area contributed by atoms with E-state index in [0.29, 0.717) is 11.3 Å². The third-order valence-corrected chi connectivity index (χ3v) is 3.18. The normalized spacial score (nSPS) is 10.9. The van der Waals surface area contributed by atoms with E-state index in [4.69, 9.17) is 5.26 Å². The van der Waals surface area contributed by atoms with Crippen molar-refractivity contribution in [2.75, 3.05) is 0 Å². The van der Waals surface area contributed by atoms with Crippen LogP contribution in [0.4, 0.5) is 3.89 Å². The Hall–Kier alpha value is -0.930. The zero-order valence-electron chi connectivity index (χ0n) is 5.11. The van der Waals surface area contributed by atoms with Gasteiger partial charge >= 0.3 is 10.2 Å². The van der Waals surface area contributed by atoms with Crippen LogP contribution in [0.5, 0.6) is 0 Å². The van der Waals surface area contributed by atoms with Gasteiger partial charge in [0.2, 0.25) is 0 Å². The van der Waals surface area contributed by atoms with E-state index in [0.717, 1.165) is 6.07 Å². The van der Waals surface area contributed by atoms with Gasteiger partial charge in [-0.2, -0.15) is 13.7 Å². The number of hydrogen-bond donors (Lipinski definition) is 0. The highest BCUT2D eigenvalue weighted by atomic mass is 32.3. The zero-order valence-corrected chi connectivity index (χ0v) is 6.75. The number of hydrogen-bond acceptors (Lipinski definition) is 4. The highest BCUT2D eigenvalue weighted by molar-refractivity contribution is 7.88. The van der Waals surface area contributed by atoms with Crippen LogP contribution in [0.25, 0.3) is 0 Å². The molecule has 1 rings (SSSR count). The van der Waals surface area contributed by atoms with Crippen molar-refractivity contribution < 1.29 is 12.3 Å². The van der Waals surface area contributed by atoms with Crippen molar-refractivity contribution in [3.8, 4) is 6.07 Å². The maximum absolute atomic E-state index is 12.1. The number of nitriles is 1. The molecule has 3 nitrogen and oxygen atoms in total. The van der Waals surface area contributed by atoms with Gasteiger partial charge in [0.05, 0.1) is 0 Å². The van der Waals surface area contributed by atoms with E-state index in [1.54, 1.807) is 6.07 Å². The Bertz CT molecular complexity index is 400. The lowest BCUT2D eigenvalue weighted by atomic mass is 10.5. The molecule has 0 radical (unpaired) electrons. The first kappa shape index (κ1) is 8.17. The Kier molecular flexibility index (Phi) is 1.93. The molecule has 0 saturated heterocycles. The Morgan fingerprint density at radius 1 is 1.55 bits per heavy atom. The molecule has 11 heavy (non-hydrogen) atoms. The molecular formula is C5H2FNO2S2. The first-order valence-corrected chi connectivity index (χ1v) is 4.68. The summed E-state index contributed by atoms with van der Waals surface area (Å²) in [5.74, 6) is 0. The van der Waals surface area contributed by atoms with Crippen LogP contribution < -0.4 is 0 Å². The van der Waals surface area contributed by atoms with E-state index < -0.39 is 14.4 Å². The average molecular weight is 191 g/mol. The first-order chi connectivity index (χ1) is 5.04. The van der Waals surface area contributed by atoms with Crippen molar-refractivity contribution in [1.29, 1.82) is 5.26 Å². The lowest BCUT2D eigenvalue weighted by Gasteiger charge is -1.81. The van der Waals surface area contributed by atoms with Gasteiger partial charge in [-0.3, -0.25) is 0 Å². The smallest absolute Gasteiger partial charge is 0.192 e. The molecule has 0 fully saturated rings. The van der Waals surface area contributed by atoms with Crippen molar-refractivity contribution in [2.24, 2.45) is 0 Å². The maximum Gasteiger partial charge on any atom is 0.341 e. The SMILES string of the molecule is N#Cc1ccc(S(=O)(=O)F)s1. The highest BCUT2D eigenvalue weighted by Crippen LogP contribution is 2.22. The number of halogens is 1. The fourth-order valence-electron chi connectivity index (χ4n) is 0.511. The van der Waals surface area contributed by atoms with Crippen LogP contribution in [0.2, 0.25) is 0 Å². The van der Waals surface area contributed by atoms with Crippen LogP contribution in [-0.4, -0.2) is 8.42 Å². The molecule has 0 N–H and O–H groups in total. The van der Waals surface area contributed by atoms with Crippen molar-refractivity contribution in [3.05, 3.63) is 17.0 Å². The minimum absolute atomic E-state index is 0.182. The molecule has 0 unspecified atom stereocenters. The lowest BCUT2D eigenvalue weighted by Crippen LogP contribution is -1.84. The van der Waals surface area contributed by atoms with Gasteiger partial charge in [0.15, 0.2) is 4.21 Å². The van der Waals surface area contributed by atoms with Gasteiger partial charge in [-0.1, -0.05) is 3.89 Å². The third kappa shape index (κ3) is 1.76. The maximum atomic E-state index is 12.1. The second-order valence-corrected chi connectivity index (χ2v) is 4.33. The van der Waals surface area contributed by atoms with Gasteiger partial charge < -0.3 is 0 Å². The van der Waals surface area contributed by atoms with E-state index in [1.165, 1.54) is 6.07 Å². The summed E-state index contributed by atoms with van der Waals surface area (Å²) in [6.45, 7) is 0. The lowest BCUT2D eigenvalue weighted by molar-refractivity contribution is 0.554. The van der Waals surface area contributed by atoms with Crippen LogP contribution in [0.3, 0.4) is 0 Å². The summed E-state index contributed by atoms with van der Waals surface area (Å²) in [4.78, 5) is 0.182. The summed E-state index contributed by atoms with van der Waals surface area (Å²) in [7, 11) is -4.62. The van der Waals surface area contributed by atoms with E-state index in [1.807, 2.05) is 0 Å². The van der Waals surface area contributed by atoms with E-state index in [-0.39, 0.29) is 4.88 Å². The quantitative estimate of drug-likeness (QED) is 0.628. The van der Waals surface area contributed by atoms with Crippen LogP contribution in [0.1, 0.15) is 4.88 Å². The Balaban J connectivity index is 3.22. The second-order valence-electron chi connectivity index (χ2n) is 1.67. The Morgan fingerprint density at radius 3 is 2.45 bits per heavy atom. The molecule has 0 aliphatic carbocycles. The summed E-state index contributed by atoms with van der Waals surface area (Å²) in [5, 5.41) is 8.26. The largest absolute Gasteiger partial charge is 0.341 e. The molecule has 1 heterocycles. The minimum Gasteiger partial charge on any atom is -0.192 e. The number of thiophene rings is 1. The van der Waals surface area contributed by atoms with E-state index in [2.05, 4.69) is 0 Å². The molecule has 0 atom stereocenters. The van der Waals surface area contributed by atoms with Crippen LogP contribution in [0.15, 0.2) is 16.3 Å². The molecular weight excluding hydrogens is 189 g/mol. The van der Waals surface area contributed by atoms with Gasteiger partial charge in [-0.25, -0.2) is 0 Å². The predicted octanol–water partition coefficient (Wildman–Crippen LogP) is 1.28. The predicted molar refractivity (Wildman–Crippen MR) is 37.3 cm³/mol. The monoisotopic (exact) mass is 191 g/mol. The minimum atomic E-state index is -4.62. The zero-order chi connectivity index (χ0) is 8.48. The Labute approximate surface area is 66.9 Å². The Morgan fingerprint density at radius 2 is 2.18 bits per heavy atom. The molecule has 0 aliphatic rings. The van der Waals surface area contributed by atoms with Gasteiger partial charge in [0, 0.05) is 0 Å². The van der Waals surface area contributed by atoms with Crippen molar-refractivity contribution >= 4 is 21.6 Å². The van der Waals surface area contributed by atoms with Gasteiger partial charge in [0.1, 0.15) is 10.9 Å². The molecule has 1 aromatic rings. The van der Waals surface area contributed by atoms with Gasteiger partial charge in [-0.15, -0.1) is 11.3 Å². The van der Waals surface area contributed by atoms with Gasteiger partial charge in [-0.05, 0) is 12.1 Å². The fourth-order valence-corrected chi connectivity index (χ4v) is 1.94. The summed E-state index contributed by atoms with van der Waals surface area (Å²) in [6.07, 6.45) is 0. The third-order valence-electron chi connectivity index (χ3n) is 0.932. The van der Waals surface area contributed by atoms with Crippen LogP contribution in [-0.2, 0) is 10.2 Å². The van der Waals surface area contributed by atoms with Crippen LogP contribution in [0, 0.1) is 11.3 Å². The highest BCUT2D eigenvalue weighted by Gasteiger charge is 2.14. The summed E-state index contributed by atoms with van der Waals surface area (Å²) < 4.78 is 32.1. The number of nitrogens with zero attached hydrogens (tertiary/aromatic N) is 1. The van der Waals surface area contributed by atoms with Crippen molar-refractivity contribution in [1.82, 2.24) is 0 Å². The van der Waals surface area contributed by atoms with E-state index >= 15 is 0 Å². The van der Waals surface area contributed by atoms with Gasteiger partial charge in [0.25, 0.3) is 0 Å². The molecule has 6 heteroatoms. The molecule has 0 spiro atoms. The average Bonchev–Trinajstić information content (AvgIpc) is 2.32. The standard InChI is InChI=1S/C5H2FNO2S2/c6-11(8,9)5-2-1-4(3-7)10-5/h1-2H. The van der Waals surface area contributed by atoms with E-state index in [9.17, 15) is 12.3 Å². The number of rotatable bonds is 1. The molecule has 0 bridgehead atoms. The van der Waals surface area contributed by atoms with Crippen molar-refractivity contribution in [2.45, 2.75) is 4.21 Å². The summed E-state index contributed by atoms with van der Waals surface area (Å²) in [6, 6.07) is 4.04. The summed E-state index contributed by atoms with van der Waals surface area (Å²) >= 11 is 0.616. The molecule has 1 aromatic heterocycles. The van der Waals surface area contributed by atoms with Crippen LogP contribution >= 0.6 is 11.3 Å².